The molecule has 2 aromatic carbocycles. The number of benzene rings is 2. The molecule has 0 fully saturated rings. The molecule has 9 heteroatoms. The summed E-state index contributed by atoms with van der Waals surface area (Å²) in [6.45, 7) is 0. The summed E-state index contributed by atoms with van der Waals surface area (Å²) in [5.74, 6) is -0.908. The van der Waals surface area contributed by atoms with Crippen molar-refractivity contribution in [2.45, 2.75) is 5.75 Å². The Hall–Kier alpha value is -3.15. The predicted molar refractivity (Wildman–Crippen MR) is 104 cm³/mol. The Morgan fingerprint density at radius 2 is 2.07 bits per heavy atom. The van der Waals surface area contributed by atoms with Gasteiger partial charge in [-0.25, -0.2) is 8.42 Å². The summed E-state index contributed by atoms with van der Waals surface area (Å²) in [5, 5.41) is 12.8. The third-order valence-electron chi connectivity index (χ3n) is 3.82. The largest absolute Gasteiger partial charge is 0.365 e. The fourth-order valence-corrected chi connectivity index (χ4v) is 3.46. The smallest absolute Gasteiger partial charge is 0.252 e. The zero-order valence-electron chi connectivity index (χ0n) is 13.8. The van der Waals surface area contributed by atoms with E-state index in [4.69, 9.17) is 22.6 Å². The highest BCUT2D eigenvalue weighted by molar-refractivity contribution is 7.71. The number of nitrogens with one attached hydrogen (secondary N) is 1. The lowest BCUT2D eigenvalue weighted by Crippen LogP contribution is -2.14. The van der Waals surface area contributed by atoms with Crippen LogP contribution in [-0.2, 0) is 16.5 Å². The van der Waals surface area contributed by atoms with Gasteiger partial charge >= 0.3 is 0 Å². The highest BCUT2D eigenvalue weighted by atomic mass is 35.5. The van der Waals surface area contributed by atoms with Crippen molar-refractivity contribution in [2.24, 2.45) is 5.73 Å². The van der Waals surface area contributed by atoms with Crippen LogP contribution >= 0.6 is 11.6 Å². The van der Waals surface area contributed by atoms with E-state index in [1.807, 2.05) is 6.07 Å². The number of halogens is 1. The van der Waals surface area contributed by atoms with Crippen molar-refractivity contribution in [3.8, 4) is 6.07 Å². The van der Waals surface area contributed by atoms with E-state index >= 15 is 0 Å². The lowest BCUT2D eigenvalue weighted by molar-refractivity contribution is 0.100. The molecule has 0 radical (unpaired) electrons. The maximum Gasteiger partial charge on any atom is 0.252 e. The normalized spacial score (nSPS) is 10.7. The first kappa shape index (κ1) is 18.6. The van der Waals surface area contributed by atoms with Gasteiger partial charge in [0.05, 0.1) is 39.2 Å². The number of aromatic nitrogens is 1. The van der Waals surface area contributed by atoms with Crippen LogP contribution in [0.1, 0.15) is 21.5 Å². The molecule has 136 valence electrons. The van der Waals surface area contributed by atoms with Gasteiger partial charge in [-0.1, -0.05) is 17.7 Å². The average Bonchev–Trinajstić information content (AvgIpc) is 2.61. The number of nitrogens with two attached hydrogens (primary N) is 1. The van der Waals surface area contributed by atoms with Gasteiger partial charge < -0.3 is 11.1 Å². The van der Waals surface area contributed by atoms with Crippen molar-refractivity contribution in [3.05, 3.63) is 64.3 Å². The van der Waals surface area contributed by atoms with Crippen LogP contribution in [0.15, 0.2) is 42.6 Å². The van der Waals surface area contributed by atoms with Gasteiger partial charge in [0.15, 0.2) is 0 Å². The fourth-order valence-electron chi connectivity index (χ4n) is 2.69. The summed E-state index contributed by atoms with van der Waals surface area (Å²) >= 11 is 6.25. The van der Waals surface area contributed by atoms with Gasteiger partial charge in [0.1, 0.15) is 10.7 Å². The van der Waals surface area contributed by atoms with Crippen LogP contribution in [0.2, 0.25) is 5.02 Å². The maximum atomic E-state index is 11.9. The lowest BCUT2D eigenvalue weighted by Gasteiger charge is -2.15. The summed E-state index contributed by atoms with van der Waals surface area (Å²) in [7, 11) is -2.66. The van der Waals surface area contributed by atoms with Gasteiger partial charge in [-0.05, 0) is 35.9 Å². The molecule has 0 saturated heterocycles. The van der Waals surface area contributed by atoms with E-state index in [1.165, 1.54) is 12.3 Å². The number of carbonyl (C=O) groups excluding carboxylic acids is 1. The molecule has 0 bridgehead atoms. The number of hydrogen-bond acceptors (Lipinski definition) is 6. The van der Waals surface area contributed by atoms with Gasteiger partial charge in [0.2, 0.25) is 0 Å². The minimum atomic E-state index is -2.66. The monoisotopic (exact) mass is 400 g/mol. The molecule has 1 heterocycles. The van der Waals surface area contributed by atoms with Crippen LogP contribution in [0, 0.1) is 11.3 Å². The summed E-state index contributed by atoms with van der Waals surface area (Å²) < 4.78 is 22.2. The molecule has 1 aromatic heterocycles. The quantitative estimate of drug-likeness (QED) is 0.565. The number of nitriles is 1. The Balaban J connectivity index is 2.25. The van der Waals surface area contributed by atoms with Gasteiger partial charge in [0.25, 0.3) is 5.91 Å². The molecule has 0 aliphatic rings. The molecule has 1 amide bonds. The number of amides is 1. The molecule has 0 unspecified atom stereocenters. The van der Waals surface area contributed by atoms with Crippen LogP contribution < -0.4 is 11.1 Å². The van der Waals surface area contributed by atoms with Crippen molar-refractivity contribution < 1.29 is 13.2 Å². The first-order chi connectivity index (χ1) is 12.9. The summed E-state index contributed by atoms with van der Waals surface area (Å²) in [5.41, 5.74) is 7.77. The van der Waals surface area contributed by atoms with E-state index in [0.29, 0.717) is 33.4 Å². The van der Waals surface area contributed by atoms with Crippen LogP contribution in [0.3, 0.4) is 0 Å². The third kappa shape index (κ3) is 4.00. The van der Waals surface area contributed by atoms with E-state index in [2.05, 4.69) is 10.3 Å². The van der Waals surface area contributed by atoms with E-state index in [1.54, 1.807) is 30.3 Å². The molecule has 0 atom stereocenters. The van der Waals surface area contributed by atoms with Gasteiger partial charge in [0, 0.05) is 17.3 Å². The van der Waals surface area contributed by atoms with E-state index < -0.39 is 16.6 Å². The lowest BCUT2D eigenvalue weighted by atomic mass is 10.1. The highest BCUT2D eigenvalue weighted by Crippen LogP contribution is 2.34. The van der Waals surface area contributed by atoms with Crippen molar-refractivity contribution in [1.82, 2.24) is 4.98 Å². The van der Waals surface area contributed by atoms with Crippen molar-refractivity contribution >= 4 is 50.5 Å². The van der Waals surface area contributed by atoms with Crippen molar-refractivity contribution in [1.29, 1.82) is 5.26 Å². The fraction of sp³-hybridized carbons (Fsp3) is 0.0556. The summed E-state index contributed by atoms with van der Waals surface area (Å²) in [6, 6.07) is 11.8. The van der Waals surface area contributed by atoms with Crippen LogP contribution in [0.5, 0.6) is 0 Å². The topological polar surface area (TPSA) is 126 Å². The van der Waals surface area contributed by atoms with E-state index in [0.717, 1.165) is 0 Å². The first-order valence-corrected chi connectivity index (χ1v) is 9.43. The zero-order valence-corrected chi connectivity index (χ0v) is 15.4. The molecule has 0 saturated carbocycles. The summed E-state index contributed by atoms with van der Waals surface area (Å²) in [6.07, 6.45) is 1.31. The molecule has 3 N–H and O–H groups in total. The number of carbonyl (C=O) groups is 1. The number of pyridine rings is 1. The number of thiol groups is 1. The molecule has 3 rings (SSSR count). The molecule has 3 aromatic rings. The number of nitrogens with zero attached hydrogens (tertiary/aromatic N) is 2. The SMILES string of the molecule is N#Cc1cccc(Nc2c(C(N)=O)cnc3c(Cl)cc(C[SH](=O)=O)cc23)c1. The summed E-state index contributed by atoms with van der Waals surface area (Å²) in [4.78, 5) is 16.1. The van der Waals surface area contributed by atoms with Gasteiger partial charge in [-0.15, -0.1) is 0 Å². The Morgan fingerprint density at radius 3 is 2.74 bits per heavy atom. The number of fused-ring (bicyclic) bond motifs is 1. The maximum absolute atomic E-state index is 11.9. The van der Waals surface area contributed by atoms with Crippen molar-refractivity contribution in [3.63, 3.8) is 0 Å². The predicted octanol–water partition coefficient (Wildman–Crippen LogP) is 2.71. The second-order valence-corrected chi connectivity index (χ2v) is 7.08. The zero-order chi connectivity index (χ0) is 19.6. The van der Waals surface area contributed by atoms with Gasteiger partial charge in [-0.2, -0.15) is 5.26 Å². The molecule has 7 nitrogen and oxygen atoms in total. The Labute approximate surface area is 161 Å². The molecule has 0 aliphatic carbocycles. The van der Waals surface area contributed by atoms with E-state index in [9.17, 15) is 13.2 Å². The Morgan fingerprint density at radius 1 is 1.30 bits per heavy atom. The Bertz CT molecular complexity index is 1180. The second kappa shape index (κ2) is 7.61. The number of hydrogen-bond donors (Lipinski definition) is 3. The van der Waals surface area contributed by atoms with E-state index in [-0.39, 0.29) is 16.3 Å². The minimum absolute atomic E-state index is 0.115. The van der Waals surface area contributed by atoms with Crippen LogP contribution in [-0.4, -0.2) is 19.3 Å². The average molecular weight is 401 g/mol. The van der Waals surface area contributed by atoms with Gasteiger partial charge in [-0.3, -0.25) is 9.78 Å². The first-order valence-electron chi connectivity index (χ1n) is 7.69. The van der Waals surface area contributed by atoms with Crippen LogP contribution in [0.4, 0.5) is 11.4 Å². The standard InChI is InChI=1S/C18H13ClN4O3S/c19-15-6-11(9-27(25)26)5-13-16(14(18(21)24)8-22-17(13)15)23-12-3-1-2-10(4-12)7-20/h1-6,8,27H,9H2,(H2,21,24)(H,22,23). The second-order valence-electron chi connectivity index (χ2n) is 5.69. The molecular weight excluding hydrogens is 388 g/mol. The van der Waals surface area contributed by atoms with Crippen molar-refractivity contribution in [2.75, 3.05) is 5.32 Å². The molecule has 0 spiro atoms. The highest BCUT2D eigenvalue weighted by Gasteiger charge is 2.16. The minimum Gasteiger partial charge on any atom is -0.365 e. The number of rotatable bonds is 5. The molecule has 0 aliphatic heterocycles. The molecular formula is C18H13ClN4O3S. The molecule has 27 heavy (non-hydrogen) atoms. The third-order valence-corrected chi connectivity index (χ3v) is 4.73. The van der Waals surface area contributed by atoms with Crippen LogP contribution in [0.25, 0.3) is 10.9 Å². The number of anilines is 2. The number of primary amides is 1. The Kier molecular flexibility index (Phi) is 5.26.